The van der Waals surface area contributed by atoms with Gasteiger partial charge in [0.05, 0.1) is 10.9 Å². The van der Waals surface area contributed by atoms with Crippen LogP contribution in [-0.4, -0.2) is 27.9 Å². The Kier molecular flexibility index (Phi) is 4.57. The first-order chi connectivity index (χ1) is 9.45. The van der Waals surface area contributed by atoms with Crippen molar-refractivity contribution in [3.63, 3.8) is 0 Å². The molecule has 0 bridgehead atoms. The topological polar surface area (TPSA) is 58.1 Å². The van der Waals surface area contributed by atoms with E-state index >= 15 is 0 Å². The Morgan fingerprint density at radius 3 is 2.85 bits per heavy atom. The zero-order chi connectivity index (χ0) is 14.7. The lowest BCUT2D eigenvalue weighted by Gasteiger charge is -2.17. The van der Waals surface area contributed by atoms with Crippen LogP contribution in [0.5, 0.6) is 0 Å². The summed E-state index contributed by atoms with van der Waals surface area (Å²) in [5.74, 6) is 1.16. The smallest absolute Gasteiger partial charge is 0.322 e. The molecule has 7 heteroatoms. The van der Waals surface area contributed by atoms with Crippen LogP contribution < -0.4 is 5.32 Å². The van der Waals surface area contributed by atoms with Gasteiger partial charge in [0.25, 0.3) is 0 Å². The first-order valence-corrected chi connectivity index (χ1v) is 7.21. The van der Waals surface area contributed by atoms with Crippen molar-refractivity contribution in [1.29, 1.82) is 0 Å². The number of carbonyl (C=O) groups excluding carboxylic acids is 1. The van der Waals surface area contributed by atoms with Crippen LogP contribution in [0.1, 0.15) is 16.3 Å². The fraction of sp³-hybridized carbons (Fsp3) is 0.308. The molecule has 0 aliphatic heterocycles. The Balaban J connectivity index is 2.02. The highest BCUT2D eigenvalue weighted by Crippen LogP contribution is 2.22. The molecule has 2 aromatic heterocycles. The Labute approximate surface area is 126 Å². The Morgan fingerprint density at radius 2 is 2.20 bits per heavy atom. The molecule has 0 unspecified atom stereocenters. The van der Waals surface area contributed by atoms with Crippen LogP contribution in [0.3, 0.4) is 0 Å². The molecule has 0 aromatic carbocycles. The summed E-state index contributed by atoms with van der Waals surface area (Å²) in [7, 11) is 1.73. The second-order valence-corrected chi connectivity index (χ2v) is 6.24. The SMILES string of the molecule is Cc1ncc(C)c(NC(=O)N(C)Cc2ccc(Cl)s2)n1. The van der Waals surface area contributed by atoms with E-state index in [2.05, 4.69) is 15.3 Å². The van der Waals surface area contributed by atoms with Gasteiger partial charge in [-0.05, 0) is 26.0 Å². The Bertz CT molecular complexity index is 629. The number of amides is 2. The van der Waals surface area contributed by atoms with Gasteiger partial charge in [-0.2, -0.15) is 0 Å². The summed E-state index contributed by atoms with van der Waals surface area (Å²) in [6, 6.07) is 3.53. The molecule has 1 N–H and O–H groups in total. The minimum absolute atomic E-state index is 0.212. The van der Waals surface area contributed by atoms with E-state index in [0.717, 1.165) is 14.8 Å². The molecule has 0 radical (unpaired) electrons. The Hall–Kier alpha value is -1.66. The number of halogens is 1. The van der Waals surface area contributed by atoms with E-state index in [1.165, 1.54) is 11.3 Å². The van der Waals surface area contributed by atoms with Gasteiger partial charge in [0, 0.05) is 23.7 Å². The summed E-state index contributed by atoms with van der Waals surface area (Å²) in [5, 5.41) is 2.79. The summed E-state index contributed by atoms with van der Waals surface area (Å²) in [5.41, 5.74) is 0.830. The van der Waals surface area contributed by atoms with Gasteiger partial charge in [-0.1, -0.05) is 11.6 Å². The van der Waals surface area contributed by atoms with Crippen LogP contribution in [0.25, 0.3) is 0 Å². The lowest BCUT2D eigenvalue weighted by molar-refractivity contribution is 0.221. The maximum Gasteiger partial charge on any atom is 0.323 e. The molecule has 2 amide bonds. The van der Waals surface area contributed by atoms with Gasteiger partial charge in [0.1, 0.15) is 11.6 Å². The second-order valence-electron chi connectivity index (χ2n) is 4.44. The van der Waals surface area contributed by atoms with Crippen molar-refractivity contribution in [3.8, 4) is 0 Å². The van der Waals surface area contributed by atoms with Crippen molar-refractivity contribution >= 4 is 34.8 Å². The monoisotopic (exact) mass is 310 g/mol. The zero-order valence-corrected chi connectivity index (χ0v) is 13.0. The number of nitrogens with zero attached hydrogens (tertiary/aromatic N) is 3. The van der Waals surface area contributed by atoms with Gasteiger partial charge in [-0.15, -0.1) is 11.3 Å². The van der Waals surface area contributed by atoms with Gasteiger partial charge in [-0.3, -0.25) is 5.32 Å². The molecule has 2 heterocycles. The molecule has 2 rings (SSSR count). The molecule has 0 saturated carbocycles. The minimum Gasteiger partial charge on any atom is -0.322 e. The van der Waals surface area contributed by atoms with E-state index in [-0.39, 0.29) is 6.03 Å². The second kappa shape index (κ2) is 6.19. The quantitative estimate of drug-likeness (QED) is 0.944. The normalized spacial score (nSPS) is 10.4. The van der Waals surface area contributed by atoms with Crippen LogP contribution in [-0.2, 0) is 6.54 Å². The molecule has 0 aliphatic rings. The van der Waals surface area contributed by atoms with E-state index in [1.54, 1.807) is 25.1 Å². The van der Waals surface area contributed by atoms with E-state index in [9.17, 15) is 4.79 Å². The van der Waals surface area contributed by atoms with E-state index < -0.39 is 0 Å². The summed E-state index contributed by atoms with van der Waals surface area (Å²) in [6.45, 7) is 4.15. The van der Waals surface area contributed by atoms with Gasteiger partial charge in [0.2, 0.25) is 0 Å². The van der Waals surface area contributed by atoms with Gasteiger partial charge >= 0.3 is 6.03 Å². The van der Waals surface area contributed by atoms with E-state index in [0.29, 0.717) is 18.2 Å². The number of nitrogens with one attached hydrogen (secondary N) is 1. The third-order valence-electron chi connectivity index (χ3n) is 2.69. The van der Waals surface area contributed by atoms with Gasteiger partial charge < -0.3 is 4.90 Å². The van der Waals surface area contributed by atoms with Crippen molar-refractivity contribution < 1.29 is 4.79 Å². The molecule has 0 fully saturated rings. The maximum atomic E-state index is 12.1. The van der Waals surface area contributed by atoms with Crippen molar-refractivity contribution in [2.24, 2.45) is 0 Å². The number of thiophene rings is 1. The first-order valence-electron chi connectivity index (χ1n) is 6.02. The molecular formula is C13H15ClN4OS. The van der Waals surface area contributed by atoms with Crippen LogP contribution in [0.2, 0.25) is 4.34 Å². The van der Waals surface area contributed by atoms with E-state index in [1.807, 2.05) is 19.1 Å². The maximum absolute atomic E-state index is 12.1. The highest BCUT2D eigenvalue weighted by atomic mass is 35.5. The number of urea groups is 1. The lowest BCUT2D eigenvalue weighted by atomic mass is 10.3. The number of carbonyl (C=O) groups is 1. The van der Waals surface area contributed by atoms with Crippen LogP contribution >= 0.6 is 22.9 Å². The van der Waals surface area contributed by atoms with Crippen molar-refractivity contribution in [2.45, 2.75) is 20.4 Å². The average molecular weight is 311 g/mol. The fourth-order valence-corrected chi connectivity index (χ4v) is 2.74. The van der Waals surface area contributed by atoms with E-state index in [4.69, 9.17) is 11.6 Å². The molecule has 5 nitrogen and oxygen atoms in total. The highest BCUT2D eigenvalue weighted by molar-refractivity contribution is 7.16. The number of hydrogen-bond donors (Lipinski definition) is 1. The average Bonchev–Trinajstić information content (AvgIpc) is 2.79. The molecule has 0 aliphatic carbocycles. The summed E-state index contributed by atoms with van der Waals surface area (Å²) >= 11 is 7.34. The molecule has 0 atom stereocenters. The molecule has 0 spiro atoms. The molecule has 0 saturated heterocycles. The standard InChI is InChI=1S/C13H15ClN4OS/c1-8-6-15-9(2)16-12(8)17-13(19)18(3)7-10-4-5-11(14)20-10/h4-6H,7H2,1-3H3,(H,15,16,17,19). The predicted molar refractivity (Wildman–Crippen MR) is 81.3 cm³/mol. The summed E-state index contributed by atoms with van der Waals surface area (Å²) in [6.07, 6.45) is 1.69. The number of hydrogen-bond acceptors (Lipinski definition) is 4. The van der Waals surface area contributed by atoms with Crippen molar-refractivity contribution in [3.05, 3.63) is 38.9 Å². The largest absolute Gasteiger partial charge is 0.323 e. The first kappa shape index (κ1) is 14.7. The lowest BCUT2D eigenvalue weighted by Crippen LogP contribution is -2.31. The summed E-state index contributed by atoms with van der Waals surface area (Å²) in [4.78, 5) is 23.0. The molecule has 106 valence electrons. The number of aromatic nitrogens is 2. The van der Waals surface area contributed by atoms with Crippen LogP contribution in [0.4, 0.5) is 10.6 Å². The third-order valence-corrected chi connectivity index (χ3v) is 3.90. The van der Waals surface area contributed by atoms with Crippen LogP contribution in [0.15, 0.2) is 18.3 Å². The zero-order valence-electron chi connectivity index (χ0n) is 11.5. The minimum atomic E-state index is -0.212. The number of aryl methyl sites for hydroxylation is 2. The number of anilines is 1. The van der Waals surface area contributed by atoms with Gasteiger partial charge in [-0.25, -0.2) is 14.8 Å². The molecule has 2 aromatic rings. The van der Waals surface area contributed by atoms with Crippen molar-refractivity contribution in [1.82, 2.24) is 14.9 Å². The van der Waals surface area contributed by atoms with Crippen LogP contribution in [0, 0.1) is 13.8 Å². The number of rotatable bonds is 3. The molecule has 20 heavy (non-hydrogen) atoms. The Morgan fingerprint density at radius 1 is 1.45 bits per heavy atom. The van der Waals surface area contributed by atoms with Gasteiger partial charge in [0.15, 0.2) is 0 Å². The van der Waals surface area contributed by atoms with Crippen molar-refractivity contribution in [2.75, 3.05) is 12.4 Å². The third kappa shape index (κ3) is 3.68. The molecular weight excluding hydrogens is 296 g/mol. The summed E-state index contributed by atoms with van der Waals surface area (Å²) < 4.78 is 0.719. The fourth-order valence-electron chi connectivity index (χ4n) is 1.60. The highest BCUT2D eigenvalue weighted by Gasteiger charge is 2.12. The predicted octanol–water partition coefficient (Wildman–Crippen LogP) is 3.47.